The molecule has 110 valence electrons. The van der Waals surface area contributed by atoms with Crippen molar-refractivity contribution >= 4 is 5.91 Å². The fourth-order valence-corrected chi connectivity index (χ4v) is 2.70. The Kier molecular flexibility index (Phi) is 6.61. The van der Waals surface area contributed by atoms with Crippen LogP contribution in [0.15, 0.2) is 0 Å². The highest BCUT2D eigenvalue weighted by Gasteiger charge is 2.22. The highest BCUT2D eigenvalue weighted by molar-refractivity contribution is 5.80. The monoisotopic (exact) mass is 270 g/mol. The zero-order valence-electron chi connectivity index (χ0n) is 11.7. The molecule has 1 aliphatic heterocycles. The van der Waals surface area contributed by atoms with Crippen molar-refractivity contribution in [3.8, 4) is 0 Å². The van der Waals surface area contributed by atoms with E-state index in [1.54, 1.807) is 0 Å². The van der Waals surface area contributed by atoms with Crippen LogP contribution >= 0.6 is 0 Å². The molecule has 0 unspecified atom stereocenters. The molecule has 1 atom stereocenters. The van der Waals surface area contributed by atoms with Crippen molar-refractivity contribution in [2.24, 2.45) is 0 Å². The molecule has 0 radical (unpaired) electrons. The Labute approximate surface area is 115 Å². The Morgan fingerprint density at radius 2 is 1.84 bits per heavy atom. The largest absolute Gasteiger partial charge is 0.376 e. The minimum absolute atomic E-state index is 0.0534. The van der Waals surface area contributed by atoms with E-state index in [9.17, 15) is 4.79 Å². The average molecular weight is 270 g/mol. The Hall–Kier alpha value is -0.650. The van der Waals surface area contributed by atoms with E-state index in [1.165, 1.54) is 38.5 Å². The van der Waals surface area contributed by atoms with Crippen LogP contribution in [0.5, 0.6) is 0 Å². The van der Waals surface area contributed by atoms with Gasteiger partial charge in [0.05, 0.1) is 19.8 Å². The second kappa shape index (κ2) is 8.51. The molecular formula is C14H26N2O3. The first-order valence-corrected chi connectivity index (χ1v) is 7.57. The predicted octanol–water partition coefficient (Wildman–Crippen LogP) is 0.830. The standard InChI is InChI=1S/C14H26N2O3/c17-14(13-11-18-9-10-19-13)16-8-7-15-12-5-3-1-2-4-6-12/h12-13,15H,1-11H2,(H,16,17)/t13-/m0/s1. The van der Waals surface area contributed by atoms with Crippen LogP contribution in [-0.2, 0) is 14.3 Å². The summed E-state index contributed by atoms with van der Waals surface area (Å²) in [6.45, 7) is 2.98. The SMILES string of the molecule is O=C(NCCNC1CCCCCC1)[C@@H]1COCCO1. The normalized spacial score (nSPS) is 25.8. The fraction of sp³-hybridized carbons (Fsp3) is 0.929. The molecule has 5 heteroatoms. The van der Waals surface area contributed by atoms with Crippen molar-refractivity contribution in [2.75, 3.05) is 32.9 Å². The summed E-state index contributed by atoms with van der Waals surface area (Å²) in [5.41, 5.74) is 0. The van der Waals surface area contributed by atoms with Crippen molar-refractivity contribution in [1.82, 2.24) is 10.6 Å². The molecule has 5 nitrogen and oxygen atoms in total. The maximum atomic E-state index is 11.8. The third-order valence-corrected chi connectivity index (χ3v) is 3.82. The van der Waals surface area contributed by atoms with E-state index in [-0.39, 0.29) is 5.91 Å². The highest BCUT2D eigenvalue weighted by Crippen LogP contribution is 2.16. The molecule has 2 fully saturated rings. The lowest BCUT2D eigenvalue weighted by molar-refractivity contribution is -0.147. The van der Waals surface area contributed by atoms with E-state index >= 15 is 0 Å². The molecule has 0 spiro atoms. The van der Waals surface area contributed by atoms with Gasteiger partial charge in [-0.05, 0) is 12.8 Å². The third-order valence-electron chi connectivity index (χ3n) is 3.82. The first-order valence-electron chi connectivity index (χ1n) is 7.57. The molecule has 1 amide bonds. The molecule has 0 aromatic rings. The highest BCUT2D eigenvalue weighted by atomic mass is 16.6. The molecule has 0 bridgehead atoms. The zero-order valence-corrected chi connectivity index (χ0v) is 11.7. The minimum Gasteiger partial charge on any atom is -0.376 e. The van der Waals surface area contributed by atoms with Gasteiger partial charge in [-0.25, -0.2) is 0 Å². The van der Waals surface area contributed by atoms with Gasteiger partial charge in [-0.15, -0.1) is 0 Å². The Morgan fingerprint density at radius 3 is 2.53 bits per heavy atom. The molecule has 2 N–H and O–H groups in total. The number of hydrogen-bond donors (Lipinski definition) is 2. The Bertz CT molecular complexity index is 259. The van der Waals surface area contributed by atoms with Crippen LogP contribution in [0.4, 0.5) is 0 Å². The van der Waals surface area contributed by atoms with E-state index in [0.29, 0.717) is 32.4 Å². The molecular weight excluding hydrogens is 244 g/mol. The number of nitrogens with one attached hydrogen (secondary N) is 2. The van der Waals surface area contributed by atoms with Gasteiger partial charge < -0.3 is 20.1 Å². The molecule has 19 heavy (non-hydrogen) atoms. The average Bonchev–Trinajstić information content (AvgIpc) is 2.73. The van der Waals surface area contributed by atoms with Crippen LogP contribution in [0.1, 0.15) is 38.5 Å². The van der Waals surface area contributed by atoms with Gasteiger partial charge in [-0.1, -0.05) is 25.7 Å². The van der Waals surface area contributed by atoms with Gasteiger partial charge >= 0.3 is 0 Å². The molecule has 1 aliphatic carbocycles. The molecule has 2 rings (SSSR count). The van der Waals surface area contributed by atoms with Gasteiger partial charge in [-0.2, -0.15) is 0 Å². The number of ether oxygens (including phenoxy) is 2. The summed E-state index contributed by atoms with van der Waals surface area (Å²) in [4.78, 5) is 11.8. The zero-order chi connectivity index (χ0) is 13.3. The molecule has 1 saturated heterocycles. The first-order chi connectivity index (χ1) is 9.36. The maximum absolute atomic E-state index is 11.8. The van der Waals surface area contributed by atoms with Crippen LogP contribution in [0, 0.1) is 0 Å². The molecule has 1 heterocycles. The number of amides is 1. The number of rotatable bonds is 5. The molecule has 0 aromatic heterocycles. The van der Waals surface area contributed by atoms with Crippen molar-refractivity contribution in [1.29, 1.82) is 0 Å². The van der Waals surface area contributed by atoms with Crippen LogP contribution in [0.25, 0.3) is 0 Å². The van der Waals surface area contributed by atoms with Crippen LogP contribution < -0.4 is 10.6 Å². The molecule has 0 aromatic carbocycles. The van der Waals surface area contributed by atoms with E-state index in [2.05, 4.69) is 10.6 Å². The van der Waals surface area contributed by atoms with E-state index in [4.69, 9.17) is 9.47 Å². The van der Waals surface area contributed by atoms with Gasteiger partial charge in [0.15, 0.2) is 6.10 Å². The lowest BCUT2D eigenvalue weighted by Crippen LogP contribution is -2.45. The first kappa shape index (κ1) is 14.8. The van der Waals surface area contributed by atoms with Crippen LogP contribution in [0.3, 0.4) is 0 Å². The van der Waals surface area contributed by atoms with Gasteiger partial charge in [0.2, 0.25) is 0 Å². The third kappa shape index (κ3) is 5.47. The smallest absolute Gasteiger partial charge is 0.251 e. The maximum Gasteiger partial charge on any atom is 0.251 e. The topological polar surface area (TPSA) is 59.6 Å². The van der Waals surface area contributed by atoms with E-state index < -0.39 is 6.10 Å². The van der Waals surface area contributed by atoms with Gasteiger partial charge in [0.1, 0.15) is 0 Å². The molecule has 1 saturated carbocycles. The second-order valence-electron chi connectivity index (χ2n) is 5.37. The van der Waals surface area contributed by atoms with E-state index in [1.807, 2.05) is 0 Å². The number of carbonyl (C=O) groups excluding carboxylic acids is 1. The summed E-state index contributed by atoms with van der Waals surface area (Å²) in [5.74, 6) is -0.0534. The molecule has 2 aliphatic rings. The lowest BCUT2D eigenvalue weighted by Gasteiger charge is -2.22. The predicted molar refractivity (Wildman–Crippen MR) is 73.1 cm³/mol. The summed E-state index contributed by atoms with van der Waals surface area (Å²) in [6.07, 6.45) is 7.52. The van der Waals surface area contributed by atoms with Crippen LogP contribution in [-0.4, -0.2) is 51.0 Å². The Balaban J connectivity index is 1.54. The number of carbonyl (C=O) groups is 1. The van der Waals surface area contributed by atoms with Crippen molar-refractivity contribution in [3.63, 3.8) is 0 Å². The van der Waals surface area contributed by atoms with Crippen LogP contribution in [0.2, 0.25) is 0 Å². The van der Waals surface area contributed by atoms with Crippen molar-refractivity contribution in [2.45, 2.75) is 50.7 Å². The van der Waals surface area contributed by atoms with Crippen molar-refractivity contribution in [3.05, 3.63) is 0 Å². The summed E-state index contributed by atoms with van der Waals surface area (Å²) < 4.78 is 10.6. The summed E-state index contributed by atoms with van der Waals surface area (Å²) in [5, 5.41) is 6.43. The Morgan fingerprint density at radius 1 is 1.05 bits per heavy atom. The minimum atomic E-state index is -0.424. The fourth-order valence-electron chi connectivity index (χ4n) is 2.70. The van der Waals surface area contributed by atoms with Gasteiger partial charge in [-0.3, -0.25) is 4.79 Å². The summed E-state index contributed by atoms with van der Waals surface area (Å²) in [6, 6.07) is 0.633. The summed E-state index contributed by atoms with van der Waals surface area (Å²) in [7, 11) is 0. The second-order valence-corrected chi connectivity index (χ2v) is 5.37. The van der Waals surface area contributed by atoms with Gasteiger partial charge in [0, 0.05) is 19.1 Å². The van der Waals surface area contributed by atoms with Crippen molar-refractivity contribution < 1.29 is 14.3 Å². The van der Waals surface area contributed by atoms with E-state index in [0.717, 1.165) is 6.54 Å². The quantitative estimate of drug-likeness (QED) is 0.574. The van der Waals surface area contributed by atoms with Gasteiger partial charge in [0.25, 0.3) is 5.91 Å². The number of hydrogen-bond acceptors (Lipinski definition) is 4. The lowest BCUT2D eigenvalue weighted by atomic mass is 10.1. The summed E-state index contributed by atoms with van der Waals surface area (Å²) >= 11 is 0.